The second-order valence-electron chi connectivity index (χ2n) is 4.70. The number of furan rings is 1. The van der Waals surface area contributed by atoms with Crippen LogP contribution in [0.1, 0.15) is 17.4 Å². The van der Waals surface area contributed by atoms with Crippen LogP contribution in [0.3, 0.4) is 0 Å². The number of halogens is 2. The lowest BCUT2D eigenvalue weighted by Gasteiger charge is -2.11. The molecule has 0 aliphatic heterocycles. The second-order valence-corrected chi connectivity index (χ2v) is 6.02. The molecule has 0 saturated heterocycles. The summed E-state index contributed by atoms with van der Waals surface area (Å²) in [6.45, 7) is 0. The SMILES string of the molecule is COc1ccc2cc(C(N)c3ccc(Br)cc3Cl)oc2c1. The molecule has 3 nitrogen and oxygen atoms in total. The fourth-order valence-corrected chi connectivity index (χ4v) is 3.01. The van der Waals surface area contributed by atoms with Gasteiger partial charge >= 0.3 is 0 Å². The Morgan fingerprint density at radius 3 is 2.71 bits per heavy atom. The Labute approximate surface area is 135 Å². The summed E-state index contributed by atoms with van der Waals surface area (Å²) in [6.07, 6.45) is 0. The van der Waals surface area contributed by atoms with E-state index in [2.05, 4.69) is 15.9 Å². The van der Waals surface area contributed by atoms with E-state index in [1.54, 1.807) is 7.11 Å². The molecule has 0 radical (unpaired) electrons. The van der Waals surface area contributed by atoms with Gasteiger partial charge in [-0.15, -0.1) is 0 Å². The van der Waals surface area contributed by atoms with Crippen LogP contribution in [0.4, 0.5) is 0 Å². The zero-order valence-electron chi connectivity index (χ0n) is 11.3. The zero-order valence-corrected chi connectivity index (χ0v) is 13.6. The predicted molar refractivity (Wildman–Crippen MR) is 87.9 cm³/mol. The van der Waals surface area contributed by atoms with E-state index >= 15 is 0 Å². The molecule has 1 unspecified atom stereocenters. The standard InChI is InChI=1S/C16H13BrClNO2/c1-20-11-4-2-9-6-15(21-14(9)8-11)16(19)12-5-3-10(17)7-13(12)18/h2-8,16H,19H2,1H3. The van der Waals surface area contributed by atoms with Gasteiger partial charge in [-0.05, 0) is 35.9 Å². The number of ether oxygens (including phenoxy) is 1. The van der Waals surface area contributed by atoms with Crippen LogP contribution in [0.2, 0.25) is 5.02 Å². The molecule has 0 fully saturated rings. The van der Waals surface area contributed by atoms with Gasteiger partial charge in [-0.25, -0.2) is 0 Å². The highest BCUT2D eigenvalue weighted by atomic mass is 79.9. The number of hydrogen-bond acceptors (Lipinski definition) is 3. The Bertz CT molecular complexity index is 800. The predicted octanol–water partition coefficient (Wildman–Crippen LogP) is 4.91. The van der Waals surface area contributed by atoms with Crippen LogP contribution in [-0.2, 0) is 0 Å². The summed E-state index contributed by atoms with van der Waals surface area (Å²) in [6, 6.07) is 12.8. The zero-order chi connectivity index (χ0) is 15.0. The quantitative estimate of drug-likeness (QED) is 0.717. The molecule has 21 heavy (non-hydrogen) atoms. The maximum Gasteiger partial charge on any atom is 0.138 e. The van der Waals surface area contributed by atoms with Crippen LogP contribution in [0, 0.1) is 0 Å². The fourth-order valence-electron chi connectivity index (χ4n) is 2.22. The monoisotopic (exact) mass is 365 g/mol. The van der Waals surface area contributed by atoms with Crippen LogP contribution in [0.15, 0.2) is 51.4 Å². The highest BCUT2D eigenvalue weighted by Crippen LogP contribution is 2.32. The molecule has 3 aromatic rings. The third-order valence-electron chi connectivity index (χ3n) is 3.35. The first-order valence-electron chi connectivity index (χ1n) is 6.36. The summed E-state index contributed by atoms with van der Waals surface area (Å²) in [5.41, 5.74) is 7.85. The van der Waals surface area contributed by atoms with Crippen LogP contribution in [-0.4, -0.2) is 7.11 Å². The van der Waals surface area contributed by atoms with Crippen LogP contribution >= 0.6 is 27.5 Å². The smallest absolute Gasteiger partial charge is 0.138 e. The first kappa shape index (κ1) is 14.4. The lowest BCUT2D eigenvalue weighted by Crippen LogP contribution is -2.11. The summed E-state index contributed by atoms with van der Waals surface area (Å²) >= 11 is 9.63. The van der Waals surface area contributed by atoms with E-state index < -0.39 is 6.04 Å². The van der Waals surface area contributed by atoms with Gasteiger partial charge in [-0.1, -0.05) is 33.6 Å². The maximum absolute atomic E-state index is 6.28. The van der Waals surface area contributed by atoms with Crippen molar-refractivity contribution >= 4 is 38.5 Å². The molecule has 2 N–H and O–H groups in total. The van der Waals surface area contributed by atoms with Gasteiger partial charge in [0.1, 0.15) is 17.1 Å². The van der Waals surface area contributed by atoms with Crippen molar-refractivity contribution in [3.05, 3.63) is 63.3 Å². The molecule has 3 rings (SSSR count). The van der Waals surface area contributed by atoms with Gasteiger partial charge in [0.25, 0.3) is 0 Å². The van der Waals surface area contributed by atoms with E-state index in [0.29, 0.717) is 10.8 Å². The summed E-state index contributed by atoms with van der Waals surface area (Å²) in [5.74, 6) is 1.42. The highest BCUT2D eigenvalue weighted by molar-refractivity contribution is 9.10. The molecule has 1 heterocycles. The summed E-state index contributed by atoms with van der Waals surface area (Å²) in [4.78, 5) is 0. The minimum absolute atomic E-state index is 0.413. The minimum atomic E-state index is -0.413. The van der Waals surface area contributed by atoms with Crippen molar-refractivity contribution in [1.82, 2.24) is 0 Å². The highest BCUT2D eigenvalue weighted by Gasteiger charge is 2.17. The first-order valence-corrected chi connectivity index (χ1v) is 7.53. The lowest BCUT2D eigenvalue weighted by molar-refractivity contribution is 0.414. The molecular formula is C16H13BrClNO2. The Morgan fingerprint density at radius 1 is 1.19 bits per heavy atom. The topological polar surface area (TPSA) is 48.4 Å². The number of benzene rings is 2. The van der Waals surface area contributed by atoms with Crippen molar-refractivity contribution in [2.45, 2.75) is 6.04 Å². The minimum Gasteiger partial charge on any atom is -0.497 e. The molecule has 0 aliphatic rings. The van der Waals surface area contributed by atoms with Gasteiger partial charge in [0.15, 0.2) is 0 Å². The van der Waals surface area contributed by atoms with Gasteiger partial charge in [0, 0.05) is 20.9 Å². The molecule has 108 valence electrons. The largest absolute Gasteiger partial charge is 0.497 e. The molecule has 0 amide bonds. The third-order valence-corrected chi connectivity index (χ3v) is 4.17. The fraction of sp³-hybridized carbons (Fsp3) is 0.125. The van der Waals surface area contributed by atoms with Gasteiger partial charge < -0.3 is 14.9 Å². The van der Waals surface area contributed by atoms with E-state index in [4.69, 9.17) is 26.5 Å². The van der Waals surface area contributed by atoms with E-state index in [0.717, 1.165) is 26.8 Å². The molecule has 2 aromatic carbocycles. The average molecular weight is 367 g/mol. The van der Waals surface area contributed by atoms with Gasteiger partial charge in [0.2, 0.25) is 0 Å². The molecule has 0 aliphatic carbocycles. The van der Waals surface area contributed by atoms with Crippen molar-refractivity contribution in [3.63, 3.8) is 0 Å². The molecule has 5 heteroatoms. The molecule has 0 spiro atoms. The van der Waals surface area contributed by atoms with E-state index in [1.165, 1.54) is 0 Å². The van der Waals surface area contributed by atoms with Crippen molar-refractivity contribution in [2.75, 3.05) is 7.11 Å². The Kier molecular flexibility index (Phi) is 3.93. The van der Waals surface area contributed by atoms with Gasteiger partial charge in [-0.2, -0.15) is 0 Å². The van der Waals surface area contributed by atoms with E-state index in [1.807, 2.05) is 42.5 Å². The first-order chi connectivity index (χ1) is 10.1. The van der Waals surface area contributed by atoms with Crippen molar-refractivity contribution in [1.29, 1.82) is 0 Å². The van der Waals surface area contributed by atoms with Crippen LogP contribution in [0.25, 0.3) is 11.0 Å². The van der Waals surface area contributed by atoms with E-state index in [-0.39, 0.29) is 0 Å². The Balaban J connectivity index is 2.02. The summed E-state index contributed by atoms with van der Waals surface area (Å²) < 4.78 is 11.9. The Hall–Kier alpha value is -1.49. The number of hydrogen-bond donors (Lipinski definition) is 1. The average Bonchev–Trinajstić information content (AvgIpc) is 2.89. The summed E-state index contributed by atoms with van der Waals surface area (Å²) in [7, 11) is 1.62. The summed E-state index contributed by atoms with van der Waals surface area (Å²) in [5, 5.41) is 1.59. The number of nitrogens with two attached hydrogens (primary N) is 1. The number of fused-ring (bicyclic) bond motifs is 1. The van der Waals surface area contributed by atoms with E-state index in [9.17, 15) is 0 Å². The number of rotatable bonds is 3. The molecule has 1 atom stereocenters. The third kappa shape index (κ3) is 2.79. The maximum atomic E-state index is 6.28. The number of methoxy groups -OCH3 is 1. The second kappa shape index (κ2) is 5.72. The van der Waals surface area contributed by atoms with Crippen LogP contribution < -0.4 is 10.5 Å². The Morgan fingerprint density at radius 2 is 2.00 bits per heavy atom. The van der Waals surface area contributed by atoms with Crippen LogP contribution in [0.5, 0.6) is 5.75 Å². The van der Waals surface area contributed by atoms with Gasteiger partial charge in [0.05, 0.1) is 13.2 Å². The molecular weight excluding hydrogens is 354 g/mol. The molecule has 1 aromatic heterocycles. The normalized spacial score (nSPS) is 12.6. The van der Waals surface area contributed by atoms with Crippen molar-refractivity contribution in [3.8, 4) is 5.75 Å². The lowest BCUT2D eigenvalue weighted by atomic mass is 10.1. The molecule has 0 bridgehead atoms. The van der Waals surface area contributed by atoms with Crippen molar-refractivity contribution < 1.29 is 9.15 Å². The van der Waals surface area contributed by atoms with Gasteiger partial charge in [-0.3, -0.25) is 0 Å². The van der Waals surface area contributed by atoms with Crippen molar-refractivity contribution in [2.24, 2.45) is 5.73 Å². The molecule has 0 saturated carbocycles.